The Labute approximate surface area is 201 Å². The number of esters is 1. The number of allylic oxidation sites excluding steroid dienone is 3. The summed E-state index contributed by atoms with van der Waals surface area (Å²) in [4.78, 5) is 26.9. The van der Waals surface area contributed by atoms with Crippen molar-refractivity contribution in [3.63, 3.8) is 0 Å². The van der Waals surface area contributed by atoms with Gasteiger partial charge in [-0.05, 0) is 56.2 Å². The van der Waals surface area contributed by atoms with Gasteiger partial charge in [0, 0.05) is 35.9 Å². The second kappa shape index (κ2) is 9.82. The lowest BCUT2D eigenvalue weighted by Gasteiger charge is -2.39. The van der Waals surface area contributed by atoms with Crippen LogP contribution in [0.15, 0.2) is 40.7 Å². The van der Waals surface area contributed by atoms with Crippen molar-refractivity contribution >= 4 is 11.8 Å². The van der Waals surface area contributed by atoms with E-state index in [1.807, 2.05) is 32.0 Å². The lowest BCUT2D eigenvalue weighted by molar-refractivity contribution is -0.142. The van der Waals surface area contributed by atoms with E-state index in [1.54, 1.807) is 7.11 Å². The summed E-state index contributed by atoms with van der Waals surface area (Å²) in [7, 11) is 1.58. The summed E-state index contributed by atoms with van der Waals surface area (Å²) in [5.74, 6) is 0.266. The van der Waals surface area contributed by atoms with Crippen molar-refractivity contribution in [3.8, 4) is 11.5 Å². The van der Waals surface area contributed by atoms with E-state index < -0.39 is 11.9 Å². The molecule has 0 unspecified atom stereocenters. The summed E-state index contributed by atoms with van der Waals surface area (Å²) in [6, 6.07) is 5.60. The van der Waals surface area contributed by atoms with E-state index in [0.717, 1.165) is 30.5 Å². The molecule has 0 bridgehead atoms. The third kappa shape index (κ3) is 4.85. The molecule has 4 rings (SSSR count). The summed E-state index contributed by atoms with van der Waals surface area (Å²) in [6.45, 7) is 9.38. The van der Waals surface area contributed by atoms with E-state index in [0.29, 0.717) is 48.0 Å². The molecule has 0 amide bonds. The number of carbonyl (C=O) groups excluding carboxylic acids is 2. The first-order chi connectivity index (χ1) is 16.2. The van der Waals surface area contributed by atoms with Gasteiger partial charge in [-0.2, -0.15) is 0 Å². The van der Waals surface area contributed by atoms with E-state index in [2.05, 4.69) is 19.2 Å². The quantitative estimate of drug-likeness (QED) is 0.592. The van der Waals surface area contributed by atoms with Crippen LogP contribution in [-0.4, -0.2) is 44.8 Å². The maximum absolute atomic E-state index is 13.4. The Morgan fingerprint density at radius 2 is 2.03 bits per heavy atom. The van der Waals surface area contributed by atoms with E-state index in [1.165, 1.54) is 0 Å². The molecule has 1 aromatic carbocycles. The number of Topliss-reactive ketones (excluding diaryl/α,β-unsaturated/α-hetero) is 1. The Bertz CT molecular complexity index is 1030. The number of benzene rings is 1. The first kappa shape index (κ1) is 24.3. The largest absolute Gasteiger partial charge is 0.493 e. The number of dihydropyridines is 1. The minimum absolute atomic E-state index is 0.0496. The number of ether oxygens (including phenoxy) is 4. The van der Waals surface area contributed by atoms with Gasteiger partial charge < -0.3 is 24.3 Å². The molecule has 34 heavy (non-hydrogen) atoms. The van der Waals surface area contributed by atoms with Crippen LogP contribution in [0.1, 0.15) is 64.9 Å². The van der Waals surface area contributed by atoms with Crippen molar-refractivity contribution in [2.75, 3.05) is 26.9 Å². The first-order valence-corrected chi connectivity index (χ1v) is 12.1. The highest BCUT2D eigenvalue weighted by atomic mass is 16.6. The van der Waals surface area contributed by atoms with Crippen molar-refractivity contribution in [2.24, 2.45) is 5.41 Å². The number of nitrogens with one attached hydrogen (secondary N) is 1. The summed E-state index contributed by atoms with van der Waals surface area (Å²) in [5, 5.41) is 3.37. The normalized spacial score (nSPS) is 24.0. The molecule has 0 aromatic heterocycles. The minimum atomic E-state index is -0.540. The van der Waals surface area contributed by atoms with Crippen LogP contribution < -0.4 is 14.8 Å². The molecule has 3 aliphatic rings. The fraction of sp³-hybridized carbons (Fsp3) is 0.556. The van der Waals surface area contributed by atoms with Crippen LogP contribution in [0.5, 0.6) is 11.5 Å². The highest BCUT2D eigenvalue weighted by Crippen LogP contribution is 2.48. The van der Waals surface area contributed by atoms with Crippen molar-refractivity contribution in [1.29, 1.82) is 0 Å². The van der Waals surface area contributed by atoms with Crippen molar-refractivity contribution < 1.29 is 28.5 Å². The van der Waals surface area contributed by atoms with Crippen molar-refractivity contribution in [1.82, 2.24) is 5.32 Å². The van der Waals surface area contributed by atoms with Gasteiger partial charge in [0.15, 0.2) is 17.3 Å². The molecular formula is C27H35NO6. The Hall–Kier alpha value is -2.80. The molecule has 0 saturated carbocycles. The van der Waals surface area contributed by atoms with Crippen LogP contribution in [0.2, 0.25) is 0 Å². The van der Waals surface area contributed by atoms with Gasteiger partial charge in [-0.25, -0.2) is 4.79 Å². The minimum Gasteiger partial charge on any atom is -0.493 e. The van der Waals surface area contributed by atoms with Crippen molar-refractivity contribution in [3.05, 3.63) is 46.3 Å². The Kier molecular flexibility index (Phi) is 7.03. The Balaban J connectivity index is 1.75. The number of hydrogen-bond acceptors (Lipinski definition) is 7. The van der Waals surface area contributed by atoms with Crippen LogP contribution in [0, 0.1) is 5.41 Å². The number of rotatable bonds is 7. The molecule has 1 aliphatic carbocycles. The standard InChI is InChI=1S/C27H35NO6/c1-6-32-21-10-9-17(12-22(21)31-5)24-23(26(30)34-15-18-8-7-11-33-18)16(2)28-19-13-27(3,4)14-20(29)25(19)24/h9-10,12,18,24,28H,6-8,11,13-15H2,1-5H3/t18-,24+/m1/s1. The van der Waals surface area contributed by atoms with E-state index in [4.69, 9.17) is 18.9 Å². The van der Waals surface area contributed by atoms with Crippen LogP contribution in [-0.2, 0) is 19.1 Å². The summed E-state index contributed by atoms with van der Waals surface area (Å²) in [6.07, 6.45) is 2.94. The van der Waals surface area contributed by atoms with Gasteiger partial charge >= 0.3 is 5.97 Å². The van der Waals surface area contributed by atoms with Crippen molar-refractivity contribution in [2.45, 2.75) is 65.4 Å². The third-order valence-corrected chi connectivity index (χ3v) is 6.70. The second-order valence-corrected chi connectivity index (χ2v) is 10.0. The monoisotopic (exact) mass is 469 g/mol. The maximum atomic E-state index is 13.4. The van der Waals surface area contributed by atoms with Crippen LogP contribution >= 0.6 is 0 Å². The first-order valence-electron chi connectivity index (χ1n) is 12.1. The van der Waals surface area contributed by atoms with Crippen LogP contribution in [0.4, 0.5) is 0 Å². The molecule has 0 radical (unpaired) electrons. The van der Waals surface area contributed by atoms with Gasteiger partial charge in [-0.3, -0.25) is 4.79 Å². The van der Waals surface area contributed by atoms with Gasteiger partial charge in [0.25, 0.3) is 0 Å². The predicted molar refractivity (Wildman–Crippen MR) is 128 cm³/mol. The molecule has 0 spiro atoms. The summed E-state index contributed by atoms with van der Waals surface area (Å²) < 4.78 is 22.6. The zero-order chi connectivity index (χ0) is 24.5. The zero-order valence-corrected chi connectivity index (χ0v) is 20.8. The molecule has 1 N–H and O–H groups in total. The zero-order valence-electron chi connectivity index (χ0n) is 20.8. The molecular weight excluding hydrogens is 434 g/mol. The van der Waals surface area contributed by atoms with E-state index in [9.17, 15) is 9.59 Å². The van der Waals surface area contributed by atoms with E-state index >= 15 is 0 Å². The summed E-state index contributed by atoms with van der Waals surface area (Å²) in [5.41, 5.74) is 3.33. The fourth-order valence-corrected chi connectivity index (χ4v) is 5.20. The molecule has 1 fully saturated rings. The van der Waals surface area contributed by atoms with Gasteiger partial charge in [-0.15, -0.1) is 0 Å². The highest BCUT2D eigenvalue weighted by molar-refractivity contribution is 6.04. The van der Waals surface area contributed by atoms with Crippen LogP contribution in [0.25, 0.3) is 0 Å². The van der Waals surface area contributed by atoms with Gasteiger partial charge in [0.1, 0.15) is 6.61 Å². The second-order valence-electron chi connectivity index (χ2n) is 10.0. The fourth-order valence-electron chi connectivity index (χ4n) is 5.20. The molecule has 2 aliphatic heterocycles. The number of ketones is 1. The summed E-state index contributed by atoms with van der Waals surface area (Å²) >= 11 is 0. The molecule has 7 nitrogen and oxygen atoms in total. The number of carbonyl (C=O) groups is 2. The number of methoxy groups -OCH3 is 1. The lowest BCUT2D eigenvalue weighted by atomic mass is 9.68. The molecule has 1 aromatic rings. The molecule has 1 saturated heterocycles. The van der Waals surface area contributed by atoms with E-state index in [-0.39, 0.29) is 23.9 Å². The van der Waals surface area contributed by atoms with Crippen LogP contribution in [0.3, 0.4) is 0 Å². The topological polar surface area (TPSA) is 83.1 Å². The van der Waals surface area contributed by atoms with Gasteiger partial charge in [0.2, 0.25) is 0 Å². The van der Waals surface area contributed by atoms with Gasteiger partial charge in [0.05, 0.1) is 25.4 Å². The average Bonchev–Trinajstić information content (AvgIpc) is 3.30. The SMILES string of the molecule is CCOc1ccc([C@H]2C(C(=O)OC[C@H]3CCCO3)=C(C)NC3=C2C(=O)CC(C)(C)C3)cc1OC. The Morgan fingerprint density at radius 1 is 1.24 bits per heavy atom. The average molecular weight is 470 g/mol. The maximum Gasteiger partial charge on any atom is 0.336 e. The number of hydrogen-bond donors (Lipinski definition) is 1. The predicted octanol–water partition coefficient (Wildman–Crippen LogP) is 4.42. The lowest BCUT2D eigenvalue weighted by Crippen LogP contribution is -2.39. The highest BCUT2D eigenvalue weighted by Gasteiger charge is 2.43. The molecule has 2 heterocycles. The smallest absolute Gasteiger partial charge is 0.336 e. The molecule has 184 valence electrons. The molecule has 2 atom stereocenters. The Morgan fingerprint density at radius 3 is 2.71 bits per heavy atom. The third-order valence-electron chi connectivity index (χ3n) is 6.70. The molecule has 7 heteroatoms. The van der Waals surface area contributed by atoms with Gasteiger partial charge in [-0.1, -0.05) is 19.9 Å².